The summed E-state index contributed by atoms with van der Waals surface area (Å²) < 4.78 is 36.0. The first kappa shape index (κ1) is 11.7. The van der Waals surface area contributed by atoms with E-state index in [2.05, 4.69) is 0 Å². The van der Waals surface area contributed by atoms with Crippen molar-refractivity contribution in [1.82, 2.24) is 0 Å². The van der Waals surface area contributed by atoms with Crippen LogP contribution < -0.4 is 4.90 Å². The molecule has 0 unspecified atom stereocenters. The van der Waals surface area contributed by atoms with Gasteiger partial charge in [0.15, 0.2) is 0 Å². The SMILES string of the molecule is O=C(C=CN1CCc2ccccc21)C(F)(F)F. The van der Waals surface area contributed by atoms with E-state index in [-0.39, 0.29) is 0 Å². The molecule has 1 aliphatic heterocycles. The maximum atomic E-state index is 12.0. The summed E-state index contributed by atoms with van der Waals surface area (Å²) in [7, 11) is 0. The molecule has 0 saturated heterocycles. The highest BCUT2D eigenvalue weighted by molar-refractivity contribution is 5.94. The van der Waals surface area contributed by atoms with Crippen LogP contribution in [0, 0.1) is 0 Å². The third-order valence-corrected chi connectivity index (χ3v) is 2.61. The number of hydrogen-bond acceptors (Lipinski definition) is 2. The number of para-hydroxylation sites is 1. The predicted molar refractivity (Wildman–Crippen MR) is 57.7 cm³/mol. The van der Waals surface area contributed by atoms with Gasteiger partial charge in [-0.1, -0.05) is 18.2 Å². The number of nitrogens with zero attached hydrogens (tertiary/aromatic N) is 1. The molecule has 1 aromatic rings. The van der Waals surface area contributed by atoms with Gasteiger partial charge in [0.1, 0.15) is 0 Å². The van der Waals surface area contributed by atoms with E-state index in [0.29, 0.717) is 12.6 Å². The van der Waals surface area contributed by atoms with Crippen molar-refractivity contribution < 1.29 is 18.0 Å². The van der Waals surface area contributed by atoms with Crippen LogP contribution >= 0.6 is 0 Å². The van der Waals surface area contributed by atoms with E-state index in [1.165, 1.54) is 6.20 Å². The first-order chi connectivity index (χ1) is 7.98. The number of halogens is 3. The summed E-state index contributed by atoms with van der Waals surface area (Å²) in [5, 5.41) is 0. The summed E-state index contributed by atoms with van der Waals surface area (Å²) in [6, 6.07) is 7.45. The molecule has 2 nitrogen and oxygen atoms in total. The Morgan fingerprint density at radius 1 is 1.29 bits per heavy atom. The van der Waals surface area contributed by atoms with Gasteiger partial charge >= 0.3 is 6.18 Å². The molecule has 0 bridgehead atoms. The molecule has 0 atom stereocenters. The van der Waals surface area contributed by atoms with Gasteiger partial charge in [-0.3, -0.25) is 4.79 Å². The number of allylic oxidation sites excluding steroid dienone is 1. The van der Waals surface area contributed by atoms with Crippen LogP contribution in [0.5, 0.6) is 0 Å². The smallest absolute Gasteiger partial charge is 0.347 e. The lowest BCUT2D eigenvalue weighted by Gasteiger charge is -2.13. The van der Waals surface area contributed by atoms with Gasteiger partial charge in [0, 0.05) is 24.5 Å². The number of anilines is 1. The molecule has 1 aliphatic rings. The van der Waals surface area contributed by atoms with Crippen LogP contribution in [0.4, 0.5) is 18.9 Å². The summed E-state index contributed by atoms with van der Waals surface area (Å²) in [5.74, 6) is -1.83. The third-order valence-electron chi connectivity index (χ3n) is 2.61. The lowest BCUT2D eigenvalue weighted by Crippen LogP contribution is -2.21. The molecule has 5 heteroatoms. The standard InChI is InChI=1S/C12H10F3NO/c13-12(14,15)11(17)6-8-16-7-5-9-3-1-2-4-10(9)16/h1-4,6,8H,5,7H2. The summed E-state index contributed by atoms with van der Waals surface area (Å²) in [6.07, 6.45) is -2.25. The fraction of sp³-hybridized carbons (Fsp3) is 0.250. The molecule has 0 N–H and O–H groups in total. The van der Waals surface area contributed by atoms with Gasteiger partial charge in [-0.2, -0.15) is 13.2 Å². The van der Waals surface area contributed by atoms with E-state index in [4.69, 9.17) is 0 Å². The summed E-state index contributed by atoms with van der Waals surface area (Å²) in [5.41, 5.74) is 1.94. The zero-order chi connectivity index (χ0) is 12.5. The molecular formula is C12H10F3NO. The van der Waals surface area contributed by atoms with Crippen molar-refractivity contribution in [3.8, 4) is 0 Å². The Balaban J connectivity index is 2.12. The van der Waals surface area contributed by atoms with Crippen molar-refractivity contribution in [3.63, 3.8) is 0 Å². The van der Waals surface area contributed by atoms with Crippen LogP contribution in [0.15, 0.2) is 36.5 Å². The van der Waals surface area contributed by atoms with Crippen molar-refractivity contribution in [3.05, 3.63) is 42.1 Å². The van der Waals surface area contributed by atoms with Crippen molar-refractivity contribution >= 4 is 11.5 Å². The Bertz CT molecular complexity index is 465. The van der Waals surface area contributed by atoms with Gasteiger partial charge in [-0.05, 0) is 18.1 Å². The van der Waals surface area contributed by atoms with Crippen LogP contribution in [0.2, 0.25) is 0 Å². The van der Waals surface area contributed by atoms with Crippen LogP contribution in [0.1, 0.15) is 5.56 Å². The van der Waals surface area contributed by atoms with Gasteiger partial charge in [0.2, 0.25) is 0 Å². The van der Waals surface area contributed by atoms with E-state index in [0.717, 1.165) is 17.7 Å². The molecule has 0 saturated carbocycles. The van der Waals surface area contributed by atoms with Gasteiger partial charge in [-0.25, -0.2) is 0 Å². The Morgan fingerprint density at radius 2 is 2.00 bits per heavy atom. The molecule has 0 radical (unpaired) electrons. The number of rotatable bonds is 2. The van der Waals surface area contributed by atoms with Crippen molar-refractivity contribution in [2.75, 3.05) is 11.4 Å². The number of carbonyl (C=O) groups excluding carboxylic acids is 1. The fourth-order valence-corrected chi connectivity index (χ4v) is 1.77. The lowest BCUT2D eigenvalue weighted by molar-refractivity contribution is -0.165. The molecule has 0 fully saturated rings. The Labute approximate surface area is 96.3 Å². The number of alkyl halides is 3. The van der Waals surface area contributed by atoms with Crippen molar-refractivity contribution in [2.24, 2.45) is 0 Å². The highest BCUT2D eigenvalue weighted by Gasteiger charge is 2.36. The van der Waals surface area contributed by atoms with Crippen LogP contribution in [-0.2, 0) is 11.2 Å². The van der Waals surface area contributed by atoms with Gasteiger partial charge in [0.05, 0.1) is 0 Å². The molecule has 90 valence electrons. The van der Waals surface area contributed by atoms with Crippen molar-refractivity contribution in [1.29, 1.82) is 0 Å². The average Bonchev–Trinajstić information content (AvgIpc) is 2.68. The molecule has 17 heavy (non-hydrogen) atoms. The first-order valence-electron chi connectivity index (χ1n) is 5.12. The van der Waals surface area contributed by atoms with E-state index in [1.54, 1.807) is 4.90 Å². The lowest BCUT2D eigenvalue weighted by atomic mass is 10.2. The van der Waals surface area contributed by atoms with E-state index in [9.17, 15) is 18.0 Å². The zero-order valence-corrected chi connectivity index (χ0v) is 8.87. The monoisotopic (exact) mass is 241 g/mol. The highest BCUT2D eigenvalue weighted by Crippen LogP contribution is 2.27. The van der Waals surface area contributed by atoms with E-state index < -0.39 is 12.0 Å². The van der Waals surface area contributed by atoms with Crippen molar-refractivity contribution in [2.45, 2.75) is 12.6 Å². The fourth-order valence-electron chi connectivity index (χ4n) is 1.77. The van der Waals surface area contributed by atoms with E-state index >= 15 is 0 Å². The van der Waals surface area contributed by atoms with E-state index in [1.807, 2.05) is 24.3 Å². The Hall–Kier alpha value is -1.78. The minimum atomic E-state index is -4.80. The van der Waals surface area contributed by atoms with Crippen LogP contribution in [-0.4, -0.2) is 18.5 Å². The van der Waals surface area contributed by atoms with Gasteiger partial charge in [-0.15, -0.1) is 0 Å². The second-order valence-corrected chi connectivity index (χ2v) is 3.75. The Morgan fingerprint density at radius 3 is 2.71 bits per heavy atom. The summed E-state index contributed by atoms with van der Waals surface area (Å²) in [4.78, 5) is 12.3. The molecular weight excluding hydrogens is 231 g/mol. The predicted octanol–water partition coefficient (Wildman–Crippen LogP) is 2.69. The largest absolute Gasteiger partial charge is 0.454 e. The maximum Gasteiger partial charge on any atom is 0.454 e. The minimum Gasteiger partial charge on any atom is -0.347 e. The second kappa shape index (κ2) is 4.24. The van der Waals surface area contributed by atoms with Gasteiger partial charge < -0.3 is 4.90 Å². The van der Waals surface area contributed by atoms with Gasteiger partial charge in [0.25, 0.3) is 5.78 Å². The number of ketones is 1. The maximum absolute atomic E-state index is 12.0. The number of hydrogen-bond donors (Lipinski definition) is 0. The van der Waals surface area contributed by atoms with Crippen LogP contribution in [0.25, 0.3) is 0 Å². The molecule has 0 aliphatic carbocycles. The zero-order valence-electron chi connectivity index (χ0n) is 8.87. The molecule has 1 aromatic carbocycles. The second-order valence-electron chi connectivity index (χ2n) is 3.75. The molecule has 1 heterocycles. The quantitative estimate of drug-likeness (QED) is 0.742. The summed E-state index contributed by atoms with van der Waals surface area (Å²) >= 11 is 0. The molecule has 0 aromatic heterocycles. The van der Waals surface area contributed by atoms with Crippen LogP contribution in [0.3, 0.4) is 0 Å². The number of benzene rings is 1. The number of fused-ring (bicyclic) bond motifs is 1. The minimum absolute atomic E-state index is 0.572. The molecule has 0 spiro atoms. The number of carbonyl (C=O) groups is 1. The first-order valence-corrected chi connectivity index (χ1v) is 5.12. The topological polar surface area (TPSA) is 20.3 Å². The third kappa shape index (κ3) is 2.49. The summed E-state index contributed by atoms with van der Waals surface area (Å²) in [6.45, 7) is 0.598. The normalized spacial score (nSPS) is 15.4. The average molecular weight is 241 g/mol. The molecule has 2 rings (SSSR count). The molecule has 0 amide bonds. The highest BCUT2D eigenvalue weighted by atomic mass is 19.4. The Kier molecular flexibility index (Phi) is 2.92.